The number of benzene rings is 1. The summed E-state index contributed by atoms with van der Waals surface area (Å²) in [6.45, 7) is 1.88. The van der Waals surface area contributed by atoms with Crippen molar-refractivity contribution in [2.24, 2.45) is 0 Å². The van der Waals surface area contributed by atoms with Crippen molar-refractivity contribution in [1.29, 1.82) is 0 Å². The lowest BCUT2D eigenvalue weighted by molar-refractivity contribution is -0.144. The van der Waals surface area contributed by atoms with Gasteiger partial charge in [-0.2, -0.15) is 4.31 Å². The van der Waals surface area contributed by atoms with Gasteiger partial charge in [-0.25, -0.2) is 8.42 Å². The molecule has 3 rings (SSSR count). The number of carbonyl (C=O) groups is 1. The van der Waals surface area contributed by atoms with Crippen LogP contribution >= 0.6 is 22.6 Å². The second kappa shape index (κ2) is 7.08. The van der Waals surface area contributed by atoms with Gasteiger partial charge >= 0.3 is 5.97 Å². The Morgan fingerprint density at radius 2 is 1.96 bits per heavy atom. The fourth-order valence-corrected chi connectivity index (χ4v) is 6.23. The van der Waals surface area contributed by atoms with E-state index in [-0.39, 0.29) is 8.82 Å². The third-order valence-electron chi connectivity index (χ3n) is 4.28. The number of carbonyl (C=O) groups excluding carboxylic acids is 1. The largest absolute Gasteiger partial charge is 0.468 e. The Labute approximate surface area is 160 Å². The summed E-state index contributed by atoms with van der Waals surface area (Å²) < 4.78 is 38.0. The van der Waals surface area contributed by atoms with Crippen LogP contribution in [-0.4, -0.2) is 35.8 Å². The van der Waals surface area contributed by atoms with Crippen molar-refractivity contribution in [2.75, 3.05) is 7.11 Å². The summed E-state index contributed by atoms with van der Waals surface area (Å²) in [5.41, 5.74) is 0.958. The first-order valence-corrected chi connectivity index (χ1v) is 10.4. The molecule has 8 heteroatoms. The molecule has 0 radical (unpaired) electrons. The molecule has 25 heavy (non-hydrogen) atoms. The van der Waals surface area contributed by atoms with E-state index < -0.39 is 28.1 Å². The van der Waals surface area contributed by atoms with Gasteiger partial charge in [-0.05, 0) is 37.6 Å². The number of aryl methyl sites for hydroxylation is 1. The van der Waals surface area contributed by atoms with Gasteiger partial charge in [0.15, 0.2) is 0 Å². The molecule has 1 aromatic heterocycles. The monoisotopic (exact) mass is 475 g/mol. The Morgan fingerprint density at radius 1 is 1.28 bits per heavy atom. The van der Waals surface area contributed by atoms with Crippen LogP contribution in [0, 0.1) is 6.92 Å². The predicted octanol–water partition coefficient (Wildman–Crippen LogP) is 3.07. The second-order valence-electron chi connectivity index (χ2n) is 5.90. The smallest absolute Gasteiger partial charge is 0.324 e. The van der Waals surface area contributed by atoms with Crippen LogP contribution in [-0.2, 0) is 19.6 Å². The van der Waals surface area contributed by atoms with E-state index in [0.717, 1.165) is 5.56 Å². The normalized spacial score (nSPS) is 24.4. The highest BCUT2D eigenvalue weighted by molar-refractivity contribution is 14.1. The maximum Gasteiger partial charge on any atom is 0.324 e. The summed E-state index contributed by atoms with van der Waals surface area (Å²) in [5.74, 6) is -0.0482. The first-order valence-electron chi connectivity index (χ1n) is 7.71. The van der Waals surface area contributed by atoms with Crippen molar-refractivity contribution in [2.45, 2.75) is 34.2 Å². The maximum atomic E-state index is 13.3. The second-order valence-corrected chi connectivity index (χ2v) is 9.34. The topological polar surface area (TPSA) is 76.8 Å². The molecule has 0 aliphatic carbocycles. The number of halogens is 1. The van der Waals surface area contributed by atoms with Gasteiger partial charge in [0.05, 0.1) is 24.3 Å². The quantitative estimate of drug-likeness (QED) is 0.386. The molecule has 1 saturated heterocycles. The molecule has 0 spiro atoms. The maximum absolute atomic E-state index is 13.3. The highest BCUT2D eigenvalue weighted by Gasteiger charge is 2.52. The average molecular weight is 475 g/mol. The van der Waals surface area contributed by atoms with E-state index in [2.05, 4.69) is 22.6 Å². The van der Waals surface area contributed by atoms with Crippen LogP contribution in [0.4, 0.5) is 0 Å². The zero-order chi connectivity index (χ0) is 18.2. The van der Waals surface area contributed by atoms with Crippen LogP contribution in [0.3, 0.4) is 0 Å². The molecule has 1 fully saturated rings. The Balaban J connectivity index is 2.11. The number of esters is 1. The van der Waals surface area contributed by atoms with Crippen LogP contribution in [0.25, 0.3) is 0 Å². The molecule has 0 amide bonds. The molecule has 2 aromatic rings. The summed E-state index contributed by atoms with van der Waals surface area (Å²) in [4.78, 5) is 12.4. The number of methoxy groups -OCH3 is 1. The molecule has 0 unspecified atom stereocenters. The van der Waals surface area contributed by atoms with Crippen molar-refractivity contribution in [3.63, 3.8) is 0 Å². The number of alkyl halides is 1. The van der Waals surface area contributed by atoms with Crippen molar-refractivity contribution in [1.82, 2.24) is 4.31 Å². The lowest BCUT2D eigenvalue weighted by atomic mass is 10.1. The minimum Gasteiger partial charge on any atom is -0.468 e. The van der Waals surface area contributed by atoms with E-state index in [9.17, 15) is 13.2 Å². The summed E-state index contributed by atoms with van der Waals surface area (Å²) in [6.07, 6.45) is 1.87. The number of rotatable bonds is 4. The summed E-state index contributed by atoms with van der Waals surface area (Å²) in [7, 11) is -2.63. The summed E-state index contributed by atoms with van der Waals surface area (Å²) in [5, 5.41) is 0. The molecule has 0 bridgehead atoms. The fourth-order valence-electron chi connectivity index (χ4n) is 3.05. The molecule has 134 valence electrons. The minimum atomic E-state index is -3.90. The summed E-state index contributed by atoms with van der Waals surface area (Å²) in [6, 6.07) is 8.57. The molecule has 3 atom stereocenters. The Hall–Kier alpha value is -1.39. The number of hydrogen-bond donors (Lipinski definition) is 0. The van der Waals surface area contributed by atoms with Gasteiger partial charge < -0.3 is 9.15 Å². The van der Waals surface area contributed by atoms with Crippen LogP contribution < -0.4 is 0 Å². The van der Waals surface area contributed by atoms with E-state index in [1.807, 2.05) is 6.92 Å². The van der Waals surface area contributed by atoms with Crippen LogP contribution in [0.15, 0.2) is 52.0 Å². The van der Waals surface area contributed by atoms with Gasteiger partial charge in [0.25, 0.3) is 0 Å². The molecular formula is C17H18INO5S. The molecule has 1 aliphatic rings. The Bertz CT molecular complexity index is 848. The zero-order valence-corrected chi connectivity index (χ0v) is 16.7. The third kappa shape index (κ3) is 3.34. The molecule has 1 aromatic carbocycles. The van der Waals surface area contributed by atoms with Crippen LogP contribution in [0.5, 0.6) is 0 Å². The molecule has 1 aliphatic heterocycles. The van der Waals surface area contributed by atoms with E-state index >= 15 is 0 Å². The molecule has 0 saturated carbocycles. The highest BCUT2D eigenvalue weighted by atomic mass is 127. The van der Waals surface area contributed by atoms with E-state index in [1.54, 1.807) is 36.4 Å². The number of ether oxygens (including phenoxy) is 1. The van der Waals surface area contributed by atoms with Gasteiger partial charge in [-0.1, -0.05) is 40.3 Å². The Morgan fingerprint density at radius 3 is 2.52 bits per heavy atom. The lowest BCUT2D eigenvalue weighted by Gasteiger charge is -2.27. The van der Waals surface area contributed by atoms with Crippen molar-refractivity contribution in [3.8, 4) is 0 Å². The number of hydrogen-bond acceptors (Lipinski definition) is 5. The van der Waals surface area contributed by atoms with Crippen molar-refractivity contribution in [3.05, 3.63) is 54.0 Å². The first-order chi connectivity index (χ1) is 11.9. The molecule has 2 heterocycles. The van der Waals surface area contributed by atoms with Crippen LogP contribution in [0.1, 0.15) is 23.8 Å². The molecular weight excluding hydrogens is 457 g/mol. The SMILES string of the molecule is COC(=O)[C@H]1C[C@H](I)[C@@H](c2ccco2)N1S(=O)(=O)c1ccc(C)cc1. The van der Waals surface area contributed by atoms with Gasteiger partial charge in [-0.15, -0.1) is 0 Å². The van der Waals surface area contributed by atoms with Gasteiger partial charge in [0.1, 0.15) is 11.8 Å². The van der Waals surface area contributed by atoms with Gasteiger partial charge in [0, 0.05) is 3.92 Å². The number of nitrogens with zero attached hydrogens (tertiary/aromatic N) is 1. The highest BCUT2D eigenvalue weighted by Crippen LogP contribution is 2.44. The van der Waals surface area contributed by atoms with E-state index in [4.69, 9.17) is 9.15 Å². The third-order valence-corrected chi connectivity index (χ3v) is 7.37. The molecule has 6 nitrogen and oxygen atoms in total. The lowest BCUT2D eigenvalue weighted by Crippen LogP contribution is -2.42. The average Bonchev–Trinajstić information content (AvgIpc) is 3.21. The van der Waals surface area contributed by atoms with Crippen molar-refractivity contribution < 1.29 is 22.4 Å². The van der Waals surface area contributed by atoms with Gasteiger partial charge in [-0.3, -0.25) is 4.79 Å². The zero-order valence-electron chi connectivity index (χ0n) is 13.8. The number of sulfonamides is 1. The first kappa shape index (κ1) is 18.4. The Kier molecular flexibility index (Phi) is 5.21. The molecule has 0 N–H and O–H groups in total. The van der Waals surface area contributed by atoms with E-state index in [1.165, 1.54) is 17.7 Å². The van der Waals surface area contributed by atoms with Crippen LogP contribution in [0.2, 0.25) is 0 Å². The van der Waals surface area contributed by atoms with Crippen molar-refractivity contribution >= 4 is 38.6 Å². The minimum absolute atomic E-state index is 0.118. The predicted molar refractivity (Wildman–Crippen MR) is 99.9 cm³/mol. The standard InChI is InChI=1S/C17H18INO5S/c1-11-5-7-12(8-6-11)25(21,22)19-14(17(20)23-2)10-13(18)16(19)15-4-3-9-24-15/h3-9,13-14,16H,10H2,1-2H3/t13-,14+,16-/m0/s1. The van der Waals surface area contributed by atoms with E-state index in [0.29, 0.717) is 12.2 Å². The van der Waals surface area contributed by atoms with Gasteiger partial charge in [0.2, 0.25) is 10.0 Å². The summed E-state index contributed by atoms with van der Waals surface area (Å²) >= 11 is 2.17. The number of furan rings is 1. The fraction of sp³-hybridized carbons (Fsp3) is 0.353.